The van der Waals surface area contributed by atoms with Crippen molar-refractivity contribution >= 4 is 28.4 Å². The van der Waals surface area contributed by atoms with E-state index in [9.17, 15) is 0 Å². The Kier molecular flexibility index (Phi) is 4.76. The number of likely N-dealkylation sites (tertiary alicyclic amines) is 1. The molecule has 0 N–H and O–H groups in total. The number of fused-ring (bicyclic) bond motifs is 1. The molecule has 0 atom stereocenters. The van der Waals surface area contributed by atoms with Crippen LogP contribution in [-0.4, -0.2) is 44.9 Å². The molecular weight excluding hydrogens is 334 g/mol. The molecule has 7 heteroatoms. The second-order valence-corrected chi connectivity index (χ2v) is 7.18. The zero-order valence-corrected chi connectivity index (χ0v) is 15.1. The van der Waals surface area contributed by atoms with Gasteiger partial charge in [-0.25, -0.2) is 0 Å². The third-order valence-corrected chi connectivity index (χ3v) is 5.28. The monoisotopic (exact) mass is 355 g/mol. The van der Waals surface area contributed by atoms with E-state index in [1.165, 1.54) is 19.3 Å². The quantitative estimate of drug-likeness (QED) is 0.702. The maximum atomic E-state index is 5.18. The number of hydrogen-bond acceptors (Lipinski definition) is 6. The number of benzene rings is 1. The molecule has 1 saturated heterocycles. The van der Waals surface area contributed by atoms with Gasteiger partial charge in [0.1, 0.15) is 10.8 Å². The van der Waals surface area contributed by atoms with Gasteiger partial charge in [-0.15, -0.1) is 10.2 Å². The zero-order valence-electron chi connectivity index (χ0n) is 14.3. The van der Waals surface area contributed by atoms with Gasteiger partial charge < -0.3 is 4.74 Å². The van der Waals surface area contributed by atoms with Crippen molar-refractivity contribution in [1.29, 1.82) is 0 Å². The van der Waals surface area contributed by atoms with E-state index in [2.05, 4.69) is 26.3 Å². The average molecular weight is 355 g/mol. The lowest BCUT2D eigenvalue weighted by Crippen LogP contribution is -2.30. The van der Waals surface area contributed by atoms with Crippen LogP contribution in [0, 0.1) is 0 Å². The Morgan fingerprint density at radius 2 is 1.88 bits per heavy atom. The molecule has 0 amide bonds. The summed E-state index contributed by atoms with van der Waals surface area (Å²) in [5, 5.41) is 14.2. The van der Waals surface area contributed by atoms with E-state index >= 15 is 0 Å². The number of hydrogen-bond donors (Lipinski definition) is 0. The van der Waals surface area contributed by atoms with E-state index < -0.39 is 0 Å². The van der Waals surface area contributed by atoms with Crippen molar-refractivity contribution in [3.63, 3.8) is 0 Å². The Hall–Kier alpha value is -2.25. The molecule has 6 nitrogen and oxygen atoms in total. The highest BCUT2D eigenvalue weighted by Gasteiger charge is 2.16. The van der Waals surface area contributed by atoms with Crippen LogP contribution >= 0.6 is 11.3 Å². The van der Waals surface area contributed by atoms with Crippen molar-refractivity contribution in [1.82, 2.24) is 24.7 Å². The van der Waals surface area contributed by atoms with Crippen LogP contribution in [0.2, 0.25) is 0 Å². The van der Waals surface area contributed by atoms with Crippen molar-refractivity contribution in [3.8, 4) is 5.75 Å². The number of piperidine rings is 1. The average Bonchev–Trinajstić information content (AvgIpc) is 3.23. The first kappa shape index (κ1) is 16.2. The van der Waals surface area contributed by atoms with Gasteiger partial charge in [-0.3, -0.25) is 4.90 Å². The van der Waals surface area contributed by atoms with E-state index in [0.717, 1.165) is 46.7 Å². The van der Waals surface area contributed by atoms with E-state index in [1.54, 1.807) is 18.4 Å². The molecule has 4 rings (SSSR count). The lowest BCUT2D eigenvalue weighted by Gasteiger charge is -2.25. The summed E-state index contributed by atoms with van der Waals surface area (Å²) in [5.74, 6) is 1.79. The van der Waals surface area contributed by atoms with E-state index in [1.807, 2.05) is 34.9 Å². The molecule has 3 heterocycles. The Morgan fingerprint density at radius 3 is 2.64 bits per heavy atom. The van der Waals surface area contributed by atoms with Crippen LogP contribution in [0.15, 0.2) is 24.3 Å². The highest BCUT2D eigenvalue weighted by atomic mass is 32.1. The predicted molar refractivity (Wildman–Crippen MR) is 99.7 cm³/mol. The summed E-state index contributed by atoms with van der Waals surface area (Å²) < 4.78 is 7.06. The molecule has 1 aromatic carbocycles. The van der Waals surface area contributed by atoms with Gasteiger partial charge in [0.2, 0.25) is 4.96 Å². The maximum Gasteiger partial charge on any atom is 0.235 e. The van der Waals surface area contributed by atoms with E-state index in [4.69, 9.17) is 4.74 Å². The zero-order chi connectivity index (χ0) is 17.1. The van der Waals surface area contributed by atoms with Crippen molar-refractivity contribution < 1.29 is 4.74 Å². The topological polar surface area (TPSA) is 55.6 Å². The Bertz CT molecular complexity index is 861. The molecule has 1 aliphatic heterocycles. The molecule has 1 aliphatic rings. The van der Waals surface area contributed by atoms with Gasteiger partial charge in [-0.05, 0) is 49.7 Å². The summed E-state index contributed by atoms with van der Waals surface area (Å²) in [4.78, 5) is 3.29. The molecular formula is C18H21N5OS. The highest BCUT2D eigenvalue weighted by Crippen LogP contribution is 2.19. The number of rotatable bonds is 5. The summed E-state index contributed by atoms with van der Waals surface area (Å²) in [6.07, 6.45) is 7.95. The van der Waals surface area contributed by atoms with Gasteiger partial charge >= 0.3 is 0 Å². The molecule has 0 aliphatic carbocycles. The summed E-state index contributed by atoms with van der Waals surface area (Å²) in [7, 11) is 1.67. The Labute approximate surface area is 150 Å². The first-order valence-corrected chi connectivity index (χ1v) is 9.39. The van der Waals surface area contributed by atoms with Crippen LogP contribution in [0.4, 0.5) is 0 Å². The Balaban J connectivity index is 1.49. The van der Waals surface area contributed by atoms with Crippen LogP contribution in [0.1, 0.15) is 35.7 Å². The molecule has 0 spiro atoms. The van der Waals surface area contributed by atoms with Crippen LogP contribution in [0.5, 0.6) is 5.75 Å². The lowest BCUT2D eigenvalue weighted by molar-refractivity contribution is 0.214. The van der Waals surface area contributed by atoms with E-state index in [0.29, 0.717) is 0 Å². The summed E-state index contributed by atoms with van der Waals surface area (Å²) in [6.45, 7) is 3.11. The third kappa shape index (κ3) is 3.72. The van der Waals surface area contributed by atoms with Crippen molar-refractivity contribution in [2.75, 3.05) is 20.2 Å². The summed E-state index contributed by atoms with van der Waals surface area (Å²) >= 11 is 1.56. The third-order valence-electron chi connectivity index (χ3n) is 4.42. The van der Waals surface area contributed by atoms with Gasteiger partial charge in [0, 0.05) is 0 Å². The van der Waals surface area contributed by atoms with Gasteiger partial charge in [-0.1, -0.05) is 36.0 Å². The van der Waals surface area contributed by atoms with Crippen LogP contribution in [0.3, 0.4) is 0 Å². The fourth-order valence-corrected chi connectivity index (χ4v) is 3.80. The van der Waals surface area contributed by atoms with Crippen LogP contribution in [-0.2, 0) is 6.54 Å². The standard InChI is InChI=1S/C18H21N5OS/c1-24-15-8-5-14(6-9-15)7-10-17-21-23-16(19-20-18(23)25-17)13-22-11-3-2-4-12-22/h5-10H,2-4,11-13H2,1H3/b10-7+. The molecule has 0 bridgehead atoms. The van der Waals surface area contributed by atoms with E-state index in [-0.39, 0.29) is 0 Å². The molecule has 130 valence electrons. The van der Waals surface area contributed by atoms with Gasteiger partial charge in [0.25, 0.3) is 0 Å². The predicted octanol–water partition coefficient (Wildman–Crippen LogP) is 3.35. The normalized spacial score (nSPS) is 16.0. The van der Waals surface area contributed by atoms with Crippen LogP contribution in [0.25, 0.3) is 17.1 Å². The molecule has 1 fully saturated rings. The lowest BCUT2D eigenvalue weighted by atomic mass is 10.1. The molecule has 0 radical (unpaired) electrons. The second-order valence-electron chi connectivity index (χ2n) is 6.19. The number of aromatic nitrogens is 4. The van der Waals surface area contributed by atoms with Crippen LogP contribution < -0.4 is 4.74 Å². The van der Waals surface area contributed by atoms with Gasteiger partial charge in [-0.2, -0.15) is 9.61 Å². The van der Waals surface area contributed by atoms with Crippen molar-refractivity contribution in [2.24, 2.45) is 0 Å². The van der Waals surface area contributed by atoms with Gasteiger partial charge in [0.05, 0.1) is 13.7 Å². The smallest absolute Gasteiger partial charge is 0.235 e. The van der Waals surface area contributed by atoms with Gasteiger partial charge in [0.15, 0.2) is 5.82 Å². The molecule has 25 heavy (non-hydrogen) atoms. The molecule has 2 aromatic heterocycles. The Morgan fingerprint density at radius 1 is 1.08 bits per heavy atom. The summed E-state index contributed by atoms with van der Waals surface area (Å²) in [6, 6.07) is 7.96. The van der Waals surface area contributed by atoms with Crippen molar-refractivity contribution in [2.45, 2.75) is 25.8 Å². The number of methoxy groups -OCH3 is 1. The minimum atomic E-state index is 0.826. The largest absolute Gasteiger partial charge is 0.497 e. The SMILES string of the molecule is COc1ccc(/C=C/c2nn3c(CN4CCCCC4)nnc3s2)cc1. The molecule has 0 unspecified atom stereocenters. The highest BCUT2D eigenvalue weighted by molar-refractivity contribution is 7.17. The fraction of sp³-hybridized carbons (Fsp3) is 0.389. The minimum absolute atomic E-state index is 0.826. The fourth-order valence-electron chi connectivity index (χ4n) is 3.04. The summed E-state index contributed by atoms with van der Waals surface area (Å²) in [5.41, 5.74) is 1.11. The minimum Gasteiger partial charge on any atom is -0.497 e. The molecule has 3 aromatic rings. The second kappa shape index (κ2) is 7.33. The maximum absolute atomic E-state index is 5.18. The number of nitrogens with zero attached hydrogens (tertiary/aromatic N) is 5. The molecule has 0 saturated carbocycles. The first-order valence-electron chi connectivity index (χ1n) is 8.57. The first-order chi connectivity index (χ1) is 12.3. The number of ether oxygens (including phenoxy) is 1. The van der Waals surface area contributed by atoms with Crippen molar-refractivity contribution in [3.05, 3.63) is 40.7 Å².